The van der Waals surface area contributed by atoms with Crippen LogP contribution in [0.25, 0.3) is 0 Å². The number of aryl methyl sites for hydroxylation is 1. The molecule has 0 unspecified atom stereocenters. The molecule has 2 N–H and O–H groups in total. The number of hydrogen-bond acceptors (Lipinski definition) is 2. The van der Waals surface area contributed by atoms with Gasteiger partial charge in [-0.2, -0.15) is 13.2 Å². The Morgan fingerprint density at radius 3 is 2.35 bits per heavy atom. The average Bonchev–Trinajstić information content (AvgIpc) is 2.15. The molecular formula is C11H15ClF3NO. The lowest BCUT2D eigenvalue weighted by molar-refractivity contribution is -0.138. The quantitative estimate of drug-likeness (QED) is 0.913. The van der Waals surface area contributed by atoms with Crippen LogP contribution < -0.4 is 10.5 Å². The predicted molar refractivity (Wildman–Crippen MR) is 62.6 cm³/mol. The SMILES string of the molecule is COc1ccc([C@@H](N)CC(F)(F)F)cc1C.Cl. The van der Waals surface area contributed by atoms with Crippen molar-refractivity contribution in [3.63, 3.8) is 0 Å². The molecule has 1 rings (SSSR count). The van der Waals surface area contributed by atoms with Crippen LogP contribution in [0.4, 0.5) is 13.2 Å². The summed E-state index contributed by atoms with van der Waals surface area (Å²) in [5, 5.41) is 0. The number of alkyl halides is 3. The Morgan fingerprint density at radius 1 is 1.35 bits per heavy atom. The molecule has 0 amide bonds. The minimum atomic E-state index is -4.24. The van der Waals surface area contributed by atoms with E-state index in [1.54, 1.807) is 25.1 Å². The van der Waals surface area contributed by atoms with Crippen LogP contribution >= 0.6 is 12.4 Å². The van der Waals surface area contributed by atoms with Gasteiger partial charge in [0.05, 0.1) is 13.5 Å². The van der Waals surface area contributed by atoms with Gasteiger partial charge in [0.1, 0.15) is 5.75 Å². The summed E-state index contributed by atoms with van der Waals surface area (Å²) in [5.41, 5.74) is 6.72. The van der Waals surface area contributed by atoms with Crippen LogP contribution in [-0.4, -0.2) is 13.3 Å². The molecule has 0 fully saturated rings. The summed E-state index contributed by atoms with van der Waals surface area (Å²) >= 11 is 0. The number of benzene rings is 1. The van der Waals surface area contributed by atoms with E-state index in [0.717, 1.165) is 5.56 Å². The molecule has 0 radical (unpaired) electrons. The second kappa shape index (κ2) is 6.12. The van der Waals surface area contributed by atoms with E-state index in [2.05, 4.69) is 0 Å². The molecule has 0 bridgehead atoms. The number of hydrogen-bond donors (Lipinski definition) is 1. The van der Waals surface area contributed by atoms with Gasteiger partial charge in [-0.3, -0.25) is 0 Å². The summed E-state index contributed by atoms with van der Waals surface area (Å²) in [4.78, 5) is 0. The van der Waals surface area contributed by atoms with E-state index >= 15 is 0 Å². The number of halogens is 4. The van der Waals surface area contributed by atoms with Crippen LogP contribution in [0.2, 0.25) is 0 Å². The van der Waals surface area contributed by atoms with Crippen molar-refractivity contribution in [3.8, 4) is 5.75 Å². The molecule has 1 atom stereocenters. The smallest absolute Gasteiger partial charge is 0.390 e. The van der Waals surface area contributed by atoms with Gasteiger partial charge in [0.25, 0.3) is 0 Å². The molecule has 98 valence electrons. The number of methoxy groups -OCH3 is 1. The van der Waals surface area contributed by atoms with Crippen molar-refractivity contribution in [1.82, 2.24) is 0 Å². The third-order valence-electron chi connectivity index (χ3n) is 2.30. The van der Waals surface area contributed by atoms with Crippen molar-refractivity contribution >= 4 is 12.4 Å². The van der Waals surface area contributed by atoms with Gasteiger partial charge in [-0.15, -0.1) is 12.4 Å². The minimum absolute atomic E-state index is 0. The molecule has 2 nitrogen and oxygen atoms in total. The van der Waals surface area contributed by atoms with E-state index in [4.69, 9.17) is 10.5 Å². The molecule has 1 aromatic rings. The number of ether oxygens (including phenoxy) is 1. The van der Waals surface area contributed by atoms with Crippen molar-refractivity contribution in [2.75, 3.05) is 7.11 Å². The van der Waals surface area contributed by atoms with Crippen molar-refractivity contribution in [2.24, 2.45) is 5.73 Å². The fourth-order valence-electron chi connectivity index (χ4n) is 1.50. The van der Waals surface area contributed by atoms with Gasteiger partial charge in [-0.25, -0.2) is 0 Å². The molecule has 0 aromatic heterocycles. The van der Waals surface area contributed by atoms with E-state index < -0.39 is 18.6 Å². The highest BCUT2D eigenvalue weighted by Crippen LogP contribution is 2.29. The van der Waals surface area contributed by atoms with Gasteiger partial charge in [0.15, 0.2) is 0 Å². The molecule has 0 saturated heterocycles. The van der Waals surface area contributed by atoms with Crippen LogP contribution in [0, 0.1) is 6.92 Å². The summed E-state index contributed by atoms with van der Waals surface area (Å²) in [6, 6.07) is 3.78. The predicted octanol–water partition coefficient (Wildman–Crippen LogP) is 3.38. The first-order valence-corrected chi connectivity index (χ1v) is 4.80. The lowest BCUT2D eigenvalue weighted by Crippen LogP contribution is -2.20. The first kappa shape index (κ1) is 16.1. The Hall–Kier alpha value is -0.940. The topological polar surface area (TPSA) is 35.2 Å². The highest BCUT2D eigenvalue weighted by atomic mass is 35.5. The highest BCUT2D eigenvalue weighted by molar-refractivity contribution is 5.85. The summed E-state index contributed by atoms with van der Waals surface area (Å²) in [7, 11) is 1.51. The largest absolute Gasteiger partial charge is 0.496 e. The maximum absolute atomic E-state index is 12.1. The zero-order chi connectivity index (χ0) is 12.3. The van der Waals surface area contributed by atoms with E-state index in [9.17, 15) is 13.2 Å². The number of nitrogens with two attached hydrogens (primary N) is 1. The van der Waals surface area contributed by atoms with Crippen molar-refractivity contribution in [1.29, 1.82) is 0 Å². The first-order chi connectivity index (χ1) is 7.33. The summed E-state index contributed by atoms with van der Waals surface area (Å²) in [6.07, 6.45) is -5.26. The second-order valence-electron chi connectivity index (χ2n) is 3.65. The standard InChI is InChI=1S/C11H14F3NO.ClH/c1-7-5-8(3-4-10(7)16-2)9(15)6-11(12,13)14;/h3-5,9H,6,15H2,1-2H3;1H/t9-;/m0./s1. The third-order valence-corrected chi connectivity index (χ3v) is 2.30. The van der Waals surface area contributed by atoms with E-state index in [0.29, 0.717) is 11.3 Å². The molecular weight excluding hydrogens is 255 g/mol. The molecule has 1 aromatic carbocycles. The Labute approximate surface area is 104 Å². The Morgan fingerprint density at radius 2 is 1.94 bits per heavy atom. The van der Waals surface area contributed by atoms with Gasteiger partial charge in [0, 0.05) is 6.04 Å². The van der Waals surface area contributed by atoms with Crippen LogP contribution in [0.5, 0.6) is 5.75 Å². The Bertz CT molecular complexity index is 368. The third kappa shape index (κ3) is 4.83. The van der Waals surface area contributed by atoms with Crippen molar-refractivity contribution < 1.29 is 17.9 Å². The monoisotopic (exact) mass is 269 g/mol. The lowest BCUT2D eigenvalue weighted by Gasteiger charge is -2.15. The van der Waals surface area contributed by atoms with Gasteiger partial charge >= 0.3 is 6.18 Å². The van der Waals surface area contributed by atoms with Crippen LogP contribution in [0.3, 0.4) is 0 Å². The fourth-order valence-corrected chi connectivity index (χ4v) is 1.50. The fraction of sp³-hybridized carbons (Fsp3) is 0.455. The van der Waals surface area contributed by atoms with Crippen molar-refractivity contribution in [3.05, 3.63) is 29.3 Å². The molecule has 0 spiro atoms. The maximum Gasteiger partial charge on any atom is 0.390 e. The summed E-state index contributed by atoms with van der Waals surface area (Å²) in [6.45, 7) is 1.77. The molecule has 17 heavy (non-hydrogen) atoms. The van der Waals surface area contributed by atoms with Crippen LogP contribution in [0.15, 0.2) is 18.2 Å². The Balaban J connectivity index is 0.00000256. The lowest BCUT2D eigenvalue weighted by atomic mass is 10.0. The van der Waals surface area contributed by atoms with Gasteiger partial charge in [-0.05, 0) is 24.1 Å². The highest BCUT2D eigenvalue weighted by Gasteiger charge is 2.30. The molecule has 0 aliphatic heterocycles. The first-order valence-electron chi connectivity index (χ1n) is 4.80. The Kier molecular flexibility index (Phi) is 5.78. The second-order valence-corrected chi connectivity index (χ2v) is 3.65. The molecule has 0 saturated carbocycles. The normalized spacial score (nSPS) is 12.8. The summed E-state index contributed by atoms with van der Waals surface area (Å²) in [5.74, 6) is 0.642. The maximum atomic E-state index is 12.1. The van der Waals surface area contributed by atoms with E-state index in [1.807, 2.05) is 0 Å². The molecule has 6 heteroatoms. The average molecular weight is 270 g/mol. The van der Waals surface area contributed by atoms with Crippen molar-refractivity contribution in [2.45, 2.75) is 25.6 Å². The molecule has 0 aliphatic rings. The van der Waals surface area contributed by atoms with Gasteiger partial charge < -0.3 is 10.5 Å². The molecule has 0 heterocycles. The van der Waals surface area contributed by atoms with Crippen LogP contribution in [-0.2, 0) is 0 Å². The van der Waals surface area contributed by atoms with E-state index in [-0.39, 0.29) is 12.4 Å². The zero-order valence-corrected chi connectivity index (χ0v) is 10.4. The number of rotatable bonds is 3. The minimum Gasteiger partial charge on any atom is -0.496 e. The summed E-state index contributed by atoms with van der Waals surface area (Å²) < 4.78 is 41.4. The van der Waals surface area contributed by atoms with Crippen LogP contribution in [0.1, 0.15) is 23.6 Å². The molecule has 0 aliphatic carbocycles. The van der Waals surface area contributed by atoms with Gasteiger partial charge in [-0.1, -0.05) is 12.1 Å². The van der Waals surface area contributed by atoms with E-state index in [1.165, 1.54) is 7.11 Å². The van der Waals surface area contributed by atoms with Gasteiger partial charge in [0.2, 0.25) is 0 Å². The zero-order valence-electron chi connectivity index (χ0n) is 9.54.